The van der Waals surface area contributed by atoms with Gasteiger partial charge < -0.3 is 9.47 Å². The first-order chi connectivity index (χ1) is 12.5. The van der Waals surface area contributed by atoms with Crippen molar-refractivity contribution in [3.63, 3.8) is 0 Å². The van der Waals surface area contributed by atoms with Crippen LogP contribution in [0.3, 0.4) is 0 Å². The molecule has 0 radical (unpaired) electrons. The van der Waals surface area contributed by atoms with Gasteiger partial charge in [-0.2, -0.15) is 0 Å². The Bertz CT molecular complexity index is 1120. The molecule has 1 aliphatic heterocycles. The van der Waals surface area contributed by atoms with E-state index in [1.165, 1.54) is 11.7 Å². The third-order valence-corrected chi connectivity index (χ3v) is 4.81. The zero-order valence-corrected chi connectivity index (χ0v) is 15.0. The molecule has 132 valence electrons. The van der Waals surface area contributed by atoms with Crippen LogP contribution in [-0.2, 0) is 13.0 Å². The summed E-state index contributed by atoms with van der Waals surface area (Å²) in [5.74, 6) is 0.787. The molecular formula is C19H15ClN2O4. The van der Waals surface area contributed by atoms with Crippen molar-refractivity contribution >= 4 is 28.3 Å². The number of aryl methyl sites for hydroxylation is 1. The maximum Gasteiger partial charge on any atom is 0.261 e. The maximum absolute atomic E-state index is 13.1. The summed E-state index contributed by atoms with van der Waals surface area (Å²) < 4.78 is 12.1. The van der Waals surface area contributed by atoms with Crippen molar-refractivity contribution in [3.05, 3.63) is 62.7 Å². The lowest BCUT2D eigenvalue weighted by Gasteiger charge is -2.12. The standard InChI is InChI=1S/C19H15ClN2O4/c1-25-15-7-10-5-6-22-18(17(23)13(10)9-16(15)26-2)21-14-8-11(20)3-4-12(14)19(22)24/h3-4,7-9H,5-6H2,1-2H3. The summed E-state index contributed by atoms with van der Waals surface area (Å²) in [6.07, 6.45) is 0.509. The second-order valence-electron chi connectivity index (χ2n) is 6.00. The molecule has 3 aromatic rings. The van der Waals surface area contributed by atoms with E-state index in [0.717, 1.165) is 5.56 Å². The molecule has 0 saturated carbocycles. The molecule has 0 N–H and O–H groups in total. The molecular weight excluding hydrogens is 356 g/mol. The van der Waals surface area contributed by atoms with Crippen LogP contribution in [0.1, 0.15) is 21.7 Å². The van der Waals surface area contributed by atoms with Crippen molar-refractivity contribution < 1.29 is 14.3 Å². The summed E-state index contributed by atoms with van der Waals surface area (Å²) in [4.78, 5) is 30.4. The molecule has 0 atom stereocenters. The van der Waals surface area contributed by atoms with Crippen molar-refractivity contribution in [2.75, 3.05) is 14.2 Å². The van der Waals surface area contributed by atoms with E-state index in [1.807, 2.05) is 0 Å². The van der Waals surface area contributed by atoms with E-state index < -0.39 is 0 Å². The lowest BCUT2D eigenvalue weighted by molar-refractivity contribution is 0.102. The summed E-state index contributed by atoms with van der Waals surface area (Å²) in [6, 6.07) is 8.28. The van der Waals surface area contributed by atoms with Gasteiger partial charge in [-0.05, 0) is 42.3 Å². The highest BCUT2D eigenvalue weighted by molar-refractivity contribution is 6.31. The van der Waals surface area contributed by atoms with Crippen LogP contribution in [0.4, 0.5) is 0 Å². The minimum Gasteiger partial charge on any atom is -0.493 e. The van der Waals surface area contributed by atoms with Crippen molar-refractivity contribution in [2.45, 2.75) is 13.0 Å². The Labute approximate surface area is 153 Å². The highest BCUT2D eigenvalue weighted by Crippen LogP contribution is 2.33. The third-order valence-electron chi connectivity index (χ3n) is 4.58. The molecule has 2 heterocycles. The molecule has 0 unspecified atom stereocenters. The molecule has 0 saturated heterocycles. The van der Waals surface area contributed by atoms with E-state index >= 15 is 0 Å². The van der Waals surface area contributed by atoms with Gasteiger partial charge in [0.25, 0.3) is 5.56 Å². The van der Waals surface area contributed by atoms with Crippen molar-refractivity contribution in [3.8, 4) is 11.5 Å². The second kappa shape index (κ2) is 6.14. The fourth-order valence-electron chi connectivity index (χ4n) is 3.27. The Morgan fingerprint density at radius 1 is 1.08 bits per heavy atom. The fraction of sp³-hybridized carbons (Fsp3) is 0.211. The Kier molecular flexibility index (Phi) is 3.92. The molecule has 2 aromatic carbocycles. The average molecular weight is 371 g/mol. The number of aromatic nitrogens is 2. The van der Waals surface area contributed by atoms with E-state index in [9.17, 15) is 9.59 Å². The number of halogens is 1. The number of hydrogen-bond acceptors (Lipinski definition) is 5. The zero-order valence-electron chi connectivity index (χ0n) is 14.2. The number of nitrogens with zero attached hydrogens (tertiary/aromatic N) is 2. The number of hydrogen-bond donors (Lipinski definition) is 0. The quantitative estimate of drug-likeness (QED) is 0.693. The van der Waals surface area contributed by atoms with Crippen molar-refractivity contribution in [1.29, 1.82) is 0 Å². The first kappa shape index (κ1) is 16.6. The minimum atomic E-state index is -0.322. The molecule has 1 aliphatic rings. The Hall–Kier alpha value is -2.86. The topological polar surface area (TPSA) is 70.4 Å². The number of carbonyl (C=O) groups excluding carboxylic acids is 1. The number of benzene rings is 2. The van der Waals surface area contributed by atoms with Gasteiger partial charge in [0.15, 0.2) is 17.3 Å². The van der Waals surface area contributed by atoms with E-state index in [2.05, 4.69) is 4.98 Å². The normalized spacial score (nSPS) is 13.1. The molecule has 0 spiro atoms. The van der Waals surface area contributed by atoms with Gasteiger partial charge >= 0.3 is 0 Å². The first-order valence-electron chi connectivity index (χ1n) is 8.03. The van der Waals surface area contributed by atoms with E-state index in [-0.39, 0.29) is 17.2 Å². The van der Waals surface area contributed by atoms with E-state index in [4.69, 9.17) is 21.1 Å². The van der Waals surface area contributed by atoms with Crippen LogP contribution in [-0.4, -0.2) is 29.6 Å². The minimum absolute atomic E-state index is 0.107. The first-order valence-corrected chi connectivity index (χ1v) is 8.41. The summed E-state index contributed by atoms with van der Waals surface area (Å²) >= 11 is 6.01. The van der Waals surface area contributed by atoms with Crippen molar-refractivity contribution in [1.82, 2.24) is 9.55 Å². The average Bonchev–Trinajstić information content (AvgIpc) is 2.78. The number of methoxy groups -OCH3 is 2. The van der Waals surface area contributed by atoms with E-state index in [0.29, 0.717) is 46.0 Å². The Morgan fingerprint density at radius 3 is 2.54 bits per heavy atom. The molecule has 0 aliphatic carbocycles. The van der Waals surface area contributed by atoms with Crippen LogP contribution in [0.15, 0.2) is 35.1 Å². The van der Waals surface area contributed by atoms with Crippen molar-refractivity contribution in [2.24, 2.45) is 0 Å². The molecule has 0 bridgehead atoms. The number of fused-ring (bicyclic) bond motifs is 3. The number of ether oxygens (including phenoxy) is 2. The predicted octanol–water partition coefficient (Wildman–Crippen LogP) is 2.85. The lowest BCUT2D eigenvalue weighted by atomic mass is 10.0. The van der Waals surface area contributed by atoms with Gasteiger partial charge in [0, 0.05) is 17.1 Å². The predicted molar refractivity (Wildman–Crippen MR) is 97.7 cm³/mol. The van der Waals surface area contributed by atoms with Crippen LogP contribution >= 0.6 is 11.6 Å². The summed E-state index contributed by atoms with van der Waals surface area (Å²) in [5, 5.41) is 0.897. The third kappa shape index (κ3) is 2.45. The van der Waals surface area contributed by atoms with Crippen LogP contribution in [0, 0.1) is 0 Å². The van der Waals surface area contributed by atoms with Gasteiger partial charge in [0.2, 0.25) is 5.78 Å². The van der Waals surface area contributed by atoms with Gasteiger partial charge in [-0.15, -0.1) is 0 Å². The molecule has 26 heavy (non-hydrogen) atoms. The fourth-order valence-corrected chi connectivity index (χ4v) is 3.43. The highest BCUT2D eigenvalue weighted by Gasteiger charge is 2.26. The summed E-state index contributed by atoms with van der Waals surface area (Å²) in [5.41, 5.74) is 1.41. The van der Waals surface area contributed by atoms with Gasteiger partial charge in [0.1, 0.15) is 0 Å². The zero-order chi connectivity index (χ0) is 18.4. The van der Waals surface area contributed by atoms with Gasteiger partial charge in [-0.1, -0.05) is 11.6 Å². The van der Waals surface area contributed by atoms with Gasteiger partial charge in [0.05, 0.1) is 25.1 Å². The molecule has 4 rings (SSSR count). The van der Waals surface area contributed by atoms with Crippen LogP contribution in [0.25, 0.3) is 10.9 Å². The van der Waals surface area contributed by atoms with Gasteiger partial charge in [-0.3, -0.25) is 14.2 Å². The lowest BCUT2D eigenvalue weighted by Crippen LogP contribution is -2.27. The van der Waals surface area contributed by atoms with Crippen LogP contribution in [0.5, 0.6) is 11.5 Å². The largest absolute Gasteiger partial charge is 0.493 e. The molecule has 0 fully saturated rings. The Morgan fingerprint density at radius 2 is 1.81 bits per heavy atom. The van der Waals surface area contributed by atoms with Crippen LogP contribution in [0.2, 0.25) is 5.02 Å². The molecule has 1 aromatic heterocycles. The number of rotatable bonds is 2. The smallest absolute Gasteiger partial charge is 0.261 e. The maximum atomic E-state index is 13.1. The Balaban J connectivity index is 1.98. The number of carbonyl (C=O) groups is 1. The van der Waals surface area contributed by atoms with Crippen LogP contribution < -0.4 is 15.0 Å². The summed E-state index contributed by atoms with van der Waals surface area (Å²) in [6.45, 7) is 0.355. The SMILES string of the molecule is COc1cc2c(cc1OC)C(=O)c1nc3cc(Cl)ccc3c(=O)n1CC2. The van der Waals surface area contributed by atoms with E-state index in [1.54, 1.807) is 37.4 Å². The second-order valence-corrected chi connectivity index (χ2v) is 6.43. The number of ketones is 1. The molecule has 7 heteroatoms. The monoisotopic (exact) mass is 370 g/mol. The molecule has 6 nitrogen and oxygen atoms in total. The highest BCUT2D eigenvalue weighted by atomic mass is 35.5. The summed E-state index contributed by atoms with van der Waals surface area (Å²) in [7, 11) is 3.05. The molecule has 0 amide bonds. The van der Waals surface area contributed by atoms with Gasteiger partial charge in [-0.25, -0.2) is 4.98 Å².